The molecular weight excluding hydrogens is 128 g/mol. The molecule has 0 aliphatic carbocycles. The van der Waals surface area contributed by atoms with Gasteiger partial charge in [-0.2, -0.15) is 5.06 Å². The maximum atomic E-state index is 5.48. The lowest BCUT2D eigenvalue weighted by molar-refractivity contribution is 0.201. The lowest BCUT2D eigenvalue weighted by atomic mass is 10.1. The minimum absolute atomic E-state index is 0.118. The van der Waals surface area contributed by atoms with Crippen LogP contribution in [-0.4, -0.2) is 30.4 Å². The second-order valence-corrected chi connectivity index (χ2v) is 3.07. The molecule has 0 amide bonds. The average molecular weight is 142 g/mol. The molecule has 2 atom stereocenters. The van der Waals surface area contributed by atoms with Crippen molar-refractivity contribution in [1.29, 1.82) is 0 Å². The summed E-state index contributed by atoms with van der Waals surface area (Å²) in [6.45, 7) is 5.34. The molecule has 3 heteroatoms. The molecule has 2 rings (SSSR count). The van der Waals surface area contributed by atoms with Gasteiger partial charge in [-0.25, -0.2) is 0 Å². The molecule has 0 spiro atoms. The molecule has 0 bridgehead atoms. The van der Waals surface area contributed by atoms with Crippen LogP contribution in [0.4, 0.5) is 0 Å². The number of fused-ring (bicyclic) bond motifs is 1. The second-order valence-electron chi connectivity index (χ2n) is 3.07. The van der Waals surface area contributed by atoms with Crippen molar-refractivity contribution < 1.29 is 4.84 Å². The number of nitrogens with one attached hydrogen (secondary N) is 1. The summed E-state index contributed by atoms with van der Waals surface area (Å²) in [5.74, 6) is 0. The monoisotopic (exact) mass is 142 g/mol. The van der Waals surface area contributed by atoms with Gasteiger partial charge in [0.15, 0.2) is 5.72 Å². The van der Waals surface area contributed by atoms with Crippen LogP contribution in [0.2, 0.25) is 0 Å². The third kappa shape index (κ3) is 0.856. The topological polar surface area (TPSA) is 27.6 Å². The van der Waals surface area contributed by atoms with Crippen LogP contribution in [-0.2, 0) is 4.84 Å². The average Bonchev–Trinajstić information content (AvgIpc) is 2.62. The van der Waals surface area contributed by atoms with E-state index in [-0.39, 0.29) is 5.72 Å². The Bertz CT molecular complexity index is 136. The minimum Gasteiger partial charge on any atom is -0.311 e. The van der Waals surface area contributed by atoms with E-state index < -0.39 is 0 Å². The molecule has 2 heterocycles. The Morgan fingerprint density at radius 1 is 1.70 bits per heavy atom. The molecule has 3 nitrogen and oxygen atoms in total. The Morgan fingerprint density at radius 3 is 3.30 bits per heavy atom. The summed E-state index contributed by atoms with van der Waals surface area (Å²) in [5, 5.41) is 5.44. The number of hydrogen-bond donors (Lipinski definition) is 1. The second kappa shape index (κ2) is 2.19. The van der Waals surface area contributed by atoms with Crippen molar-refractivity contribution >= 4 is 0 Å². The summed E-state index contributed by atoms with van der Waals surface area (Å²) in [5.41, 5.74) is 0.118. The molecule has 1 N–H and O–H groups in total. The normalized spacial score (nSPS) is 44.7. The molecule has 0 aromatic carbocycles. The molecule has 0 aromatic rings. The molecule has 0 aromatic heterocycles. The Morgan fingerprint density at radius 2 is 2.60 bits per heavy atom. The Hall–Kier alpha value is -0.120. The van der Waals surface area contributed by atoms with Crippen LogP contribution in [0.25, 0.3) is 0 Å². The Kier molecular flexibility index (Phi) is 1.44. The quantitative estimate of drug-likeness (QED) is 0.563. The first-order valence-electron chi connectivity index (χ1n) is 4.05. The maximum absolute atomic E-state index is 5.48. The van der Waals surface area contributed by atoms with Crippen LogP contribution < -0.4 is 5.32 Å². The zero-order valence-corrected chi connectivity index (χ0v) is 6.39. The third-order valence-corrected chi connectivity index (χ3v) is 2.24. The van der Waals surface area contributed by atoms with Gasteiger partial charge in [0.2, 0.25) is 0 Å². The maximum Gasteiger partial charge on any atom is 0.177 e. The number of hydrogen-bond acceptors (Lipinski definition) is 3. The van der Waals surface area contributed by atoms with Gasteiger partial charge in [0.25, 0.3) is 0 Å². The molecule has 2 saturated heterocycles. The highest BCUT2D eigenvalue weighted by molar-refractivity contribution is 4.92. The number of piperazine rings is 1. The van der Waals surface area contributed by atoms with Gasteiger partial charge in [-0.05, 0) is 6.42 Å². The van der Waals surface area contributed by atoms with E-state index in [0.717, 1.165) is 19.6 Å². The molecule has 58 valence electrons. The molecule has 0 saturated carbocycles. The van der Waals surface area contributed by atoms with Crippen LogP contribution in [0.15, 0.2) is 0 Å². The first-order valence-corrected chi connectivity index (χ1v) is 4.05. The van der Waals surface area contributed by atoms with Crippen LogP contribution in [0, 0.1) is 0 Å². The van der Waals surface area contributed by atoms with E-state index in [1.165, 1.54) is 12.8 Å². The van der Waals surface area contributed by atoms with E-state index in [1.807, 2.05) is 0 Å². The zero-order valence-electron chi connectivity index (χ0n) is 6.39. The summed E-state index contributed by atoms with van der Waals surface area (Å²) in [6, 6.07) is 0. The van der Waals surface area contributed by atoms with Gasteiger partial charge in [-0.15, -0.1) is 0 Å². The summed E-state index contributed by atoms with van der Waals surface area (Å²) in [4.78, 5) is 5.48. The highest BCUT2D eigenvalue weighted by Gasteiger charge is 2.55. The summed E-state index contributed by atoms with van der Waals surface area (Å²) in [7, 11) is 0. The van der Waals surface area contributed by atoms with Crippen molar-refractivity contribution in [2.24, 2.45) is 0 Å². The number of hydroxylamine groups is 2. The van der Waals surface area contributed by atoms with E-state index in [4.69, 9.17) is 4.84 Å². The third-order valence-electron chi connectivity index (χ3n) is 2.24. The molecule has 10 heavy (non-hydrogen) atoms. The van der Waals surface area contributed by atoms with Gasteiger partial charge in [0.05, 0.1) is 0 Å². The molecule has 2 fully saturated rings. The fraction of sp³-hybridized carbons (Fsp3) is 1.00. The lowest BCUT2D eigenvalue weighted by Crippen LogP contribution is -2.41. The minimum atomic E-state index is 0.118. The van der Waals surface area contributed by atoms with E-state index in [9.17, 15) is 0 Å². The highest BCUT2D eigenvalue weighted by Crippen LogP contribution is 2.39. The van der Waals surface area contributed by atoms with Gasteiger partial charge in [0.1, 0.15) is 0 Å². The molecular formula is C7H14N2O. The summed E-state index contributed by atoms with van der Waals surface area (Å²) in [6.07, 6.45) is 2.37. The highest BCUT2D eigenvalue weighted by atomic mass is 16.9. The molecule has 2 aliphatic rings. The van der Waals surface area contributed by atoms with Gasteiger partial charge in [-0.1, -0.05) is 13.3 Å². The van der Waals surface area contributed by atoms with Crippen LogP contribution in [0.1, 0.15) is 19.8 Å². The summed E-state index contributed by atoms with van der Waals surface area (Å²) < 4.78 is 0. The van der Waals surface area contributed by atoms with Crippen molar-refractivity contribution in [2.75, 3.05) is 19.6 Å². The number of rotatable bonds is 2. The lowest BCUT2D eigenvalue weighted by Gasteiger charge is -2.16. The first-order chi connectivity index (χ1) is 4.87. The fourth-order valence-corrected chi connectivity index (χ4v) is 1.67. The van der Waals surface area contributed by atoms with Gasteiger partial charge >= 0.3 is 0 Å². The SMILES string of the molecule is CCCC12CNCCN1O2. The van der Waals surface area contributed by atoms with Crippen LogP contribution >= 0.6 is 0 Å². The van der Waals surface area contributed by atoms with Crippen LogP contribution in [0.3, 0.4) is 0 Å². The van der Waals surface area contributed by atoms with Crippen molar-refractivity contribution in [3.8, 4) is 0 Å². The number of nitrogens with zero attached hydrogens (tertiary/aromatic N) is 1. The first kappa shape index (κ1) is 6.58. The van der Waals surface area contributed by atoms with Crippen molar-refractivity contribution in [3.63, 3.8) is 0 Å². The zero-order chi connectivity index (χ0) is 7.03. The standard InChI is InChI=1S/C7H14N2O/c1-2-3-7-6-8-4-5-9(7)10-7/h8H,2-6H2,1H3. The predicted molar refractivity (Wildman–Crippen MR) is 38.3 cm³/mol. The van der Waals surface area contributed by atoms with E-state index in [0.29, 0.717) is 0 Å². The fourth-order valence-electron chi connectivity index (χ4n) is 1.67. The molecule has 0 radical (unpaired) electrons. The van der Waals surface area contributed by atoms with Crippen LogP contribution in [0.5, 0.6) is 0 Å². The molecule has 2 unspecified atom stereocenters. The molecule has 2 aliphatic heterocycles. The van der Waals surface area contributed by atoms with Gasteiger partial charge < -0.3 is 5.32 Å². The van der Waals surface area contributed by atoms with E-state index in [2.05, 4.69) is 17.3 Å². The van der Waals surface area contributed by atoms with Gasteiger partial charge in [0, 0.05) is 19.6 Å². The predicted octanol–water partition coefficient (Wildman–Crippen LogP) is 0.333. The van der Waals surface area contributed by atoms with Crippen molar-refractivity contribution in [3.05, 3.63) is 0 Å². The summed E-state index contributed by atoms with van der Waals surface area (Å²) >= 11 is 0. The van der Waals surface area contributed by atoms with Gasteiger partial charge in [-0.3, -0.25) is 4.84 Å². The Labute approximate surface area is 61.3 Å². The smallest absolute Gasteiger partial charge is 0.177 e. The van der Waals surface area contributed by atoms with E-state index in [1.54, 1.807) is 0 Å². The Balaban J connectivity index is 1.92. The van der Waals surface area contributed by atoms with Crippen molar-refractivity contribution in [2.45, 2.75) is 25.5 Å². The van der Waals surface area contributed by atoms with E-state index >= 15 is 0 Å². The van der Waals surface area contributed by atoms with Crippen molar-refractivity contribution in [1.82, 2.24) is 10.4 Å². The largest absolute Gasteiger partial charge is 0.311 e.